The number of benzene rings is 1. The van der Waals surface area contributed by atoms with Gasteiger partial charge in [-0.25, -0.2) is 4.79 Å². The topological polar surface area (TPSA) is 65.5 Å². The summed E-state index contributed by atoms with van der Waals surface area (Å²) in [4.78, 5) is 32.0. The number of carbonyl (C=O) groups excluding carboxylic acids is 2. The second kappa shape index (κ2) is 8.20. The standard InChI is InChI=1S/C22H23F3N4O2/c1-14-2-4-18-15(12-14)6-11-29(18)21(31)27-17-7-9-28(10-8-17)20(30)16-3-5-19(26-13-16)22(23,24)25/h2-5,12-13,17H,6-11H2,1H3,(H,27,31). The minimum atomic E-state index is -4.53. The smallest absolute Gasteiger partial charge is 0.338 e. The van der Waals surface area contributed by atoms with Gasteiger partial charge in [-0.3, -0.25) is 14.7 Å². The molecular weight excluding hydrogens is 409 g/mol. The van der Waals surface area contributed by atoms with E-state index in [9.17, 15) is 22.8 Å². The van der Waals surface area contributed by atoms with Gasteiger partial charge < -0.3 is 10.2 Å². The monoisotopic (exact) mass is 432 g/mol. The van der Waals surface area contributed by atoms with Crippen LogP contribution in [-0.4, -0.2) is 47.5 Å². The van der Waals surface area contributed by atoms with E-state index in [1.165, 1.54) is 11.1 Å². The molecule has 2 aliphatic heterocycles. The Morgan fingerprint density at radius 3 is 2.48 bits per heavy atom. The lowest BCUT2D eigenvalue weighted by Crippen LogP contribution is -2.50. The van der Waals surface area contributed by atoms with E-state index in [4.69, 9.17) is 0 Å². The van der Waals surface area contributed by atoms with Crippen LogP contribution in [0.1, 0.15) is 40.0 Å². The van der Waals surface area contributed by atoms with Crippen LogP contribution in [-0.2, 0) is 12.6 Å². The van der Waals surface area contributed by atoms with Gasteiger partial charge in [0.1, 0.15) is 5.69 Å². The number of aryl methyl sites for hydroxylation is 1. The predicted octanol–water partition coefficient (Wildman–Crippen LogP) is 3.79. The van der Waals surface area contributed by atoms with E-state index in [2.05, 4.69) is 16.4 Å². The first-order chi connectivity index (χ1) is 14.7. The van der Waals surface area contributed by atoms with Crippen LogP contribution < -0.4 is 10.2 Å². The van der Waals surface area contributed by atoms with Crippen molar-refractivity contribution in [2.45, 2.75) is 38.4 Å². The third-order valence-corrected chi connectivity index (χ3v) is 5.79. The predicted molar refractivity (Wildman–Crippen MR) is 109 cm³/mol. The summed E-state index contributed by atoms with van der Waals surface area (Å²) < 4.78 is 37.9. The average Bonchev–Trinajstić information content (AvgIpc) is 3.16. The molecule has 164 valence electrons. The fourth-order valence-corrected chi connectivity index (χ4v) is 4.09. The number of halogens is 3. The van der Waals surface area contributed by atoms with Crippen molar-refractivity contribution in [3.63, 3.8) is 0 Å². The number of amides is 3. The maximum atomic E-state index is 12.7. The highest BCUT2D eigenvalue weighted by molar-refractivity contribution is 5.95. The van der Waals surface area contributed by atoms with E-state index in [0.29, 0.717) is 32.5 Å². The van der Waals surface area contributed by atoms with Gasteiger partial charge in [0.2, 0.25) is 0 Å². The molecule has 31 heavy (non-hydrogen) atoms. The van der Waals surface area contributed by atoms with Crippen molar-refractivity contribution in [2.75, 3.05) is 24.5 Å². The van der Waals surface area contributed by atoms with Crippen LogP contribution in [0.5, 0.6) is 0 Å². The Labute approximate surface area is 178 Å². The number of alkyl halides is 3. The number of nitrogens with one attached hydrogen (secondary N) is 1. The van der Waals surface area contributed by atoms with Crippen LogP contribution in [0.2, 0.25) is 0 Å². The van der Waals surface area contributed by atoms with Crippen molar-refractivity contribution in [2.24, 2.45) is 0 Å². The number of fused-ring (bicyclic) bond motifs is 1. The molecule has 6 nitrogen and oxygen atoms in total. The summed E-state index contributed by atoms with van der Waals surface area (Å²) in [6, 6.07) is 7.83. The first-order valence-electron chi connectivity index (χ1n) is 10.2. The van der Waals surface area contributed by atoms with E-state index in [1.54, 1.807) is 9.80 Å². The number of aromatic nitrogens is 1. The van der Waals surface area contributed by atoms with Crippen molar-refractivity contribution in [1.29, 1.82) is 0 Å². The molecule has 9 heteroatoms. The van der Waals surface area contributed by atoms with Crippen molar-refractivity contribution in [3.8, 4) is 0 Å². The van der Waals surface area contributed by atoms with Crippen LogP contribution in [0.3, 0.4) is 0 Å². The number of hydrogen-bond donors (Lipinski definition) is 1. The van der Waals surface area contributed by atoms with E-state index >= 15 is 0 Å². The maximum absolute atomic E-state index is 12.7. The number of urea groups is 1. The van der Waals surface area contributed by atoms with E-state index in [1.807, 2.05) is 19.1 Å². The Morgan fingerprint density at radius 2 is 1.84 bits per heavy atom. The number of hydrogen-bond acceptors (Lipinski definition) is 3. The van der Waals surface area contributed by atoms with Crippen LogP contribution in [0, 0.1) is 6.92 Å². The Kier molecular flexibility index (Phi) is 5.60. The van der Waals surface area contributed by atoms with Crippen LogP contribution in [0.4, 0.5) is 23.7 Å². The highest BCUT2D eigenvalue weighted by atomic mass is 19.4. The molecule has 1 N–H and O–H groups in total. The Hall–Kier alpha value is -3.10. The quantitative estimate of drug-likeness (QED) is 0.786. The molecule has 2 aliphatic rings. The molecule has 1 aromatic heterocycles. The summed E-state index contributed by atoms with van der Waals surface area (Å²) in [5.41, 5.74) is 2.37. The molecule has 3 amide bonds. The average molecular weight is 432 g/mol. The zero-order chi connectivity index (χ0) is 22.2. The zero-order valence-electron chi connectivity index (χ0n) is 17.1. The van der Waals surface area contributed by atoms with Gasteiger partial charge in [-0.05, 0) is 49.9 Å². The molecule has 0 aliphatic carbocycles. The maximum Gasteiger partial charge on any atom is 0.433 e. The summed E-state index contributed by atoms with van der Waals surface area (Å²) >= 11 is 0. The van der Waals surface area contributed by atoms with Crippen molar-refractivity contribution in [1.82, 2.24) is 15.2 Å². The van der Waals surface area contributed by atoms with Gasteiger partial charge in [-0.2, -0.15) is 13.2 Å². The zero-order valence-corrected chi connectivity index (χ0v) is 17.1. The molecule has 0 radical (unpaired) electrons. The SMILES string of the molecule is Cc1ccc2c(c1)CCN2C(=O)NC1CCN(C(=O)c2ccc(C(F)(F)F)nc2)CC1. The third-order valence-electron chi connectivity index (χ3n) is 5.79. The molecule has 1 fully saturated rings. The number of nitrogens with zero attached hydrogens (tertiary/aromatic N) is 3. The first kappa shape index (κ1) is 21.1. The summed E-state index contributed by atoms with van der Waals surface area (Å²) in [7, 11) is 0. The second-order valence-corrected chi connectivity index (χ2v) is 7.98. The van der Waals surface area contributed by atoms with Crippen molar-refractivity contribution >= 4 is 17.6 Å². The minimum absolute atomic E-state index is 0.0585. The molecule has 2 aromatic rings. The van der Waals surface area contributed by atoms with Crippen LogP contribution in [0.25, 0.3) is 0 Å². The number of pyridine rings is 1. The first-order valence-corrected chi connectivity index (χ1v) is 10.2. The van der Waals surface area contributed by atoms with E-state index in [-0.39, 0.29) is 23.5 Å². The number of carbonyl (C=O) groups is 2. The van der Waals surface area contributed by atoms with E-state index in [0.717, 1.165) is 30.4 Å². The van der Waals surface area contributed by atoms with Gasteiger partial charge in [0.05, 0.1) is 5.56 Å². The van der Waals surface area contributed by atoms with Gasteiger partial charge >= 0.3 is 12.2 Å². The van der Waals surface area contributed by atoms with Gasteiger partial charge in [-0.15, -0.1) is 0 Å². The van der Waals surface area contributed by atoms with Crippen LogP contribution >= 0.6 is 0 Å². The number of anilines is 1. The van der Waals surface area contributed by atoms with Gasteiger partial charge in [0, 0.05) is 37.6 Å². The highest BCUT2D eigenvalue weighted by Crippen LogP contribution is 2.29. The Bertz CT molecular complexity index is 983. The fourth-order valence-electron chi connectivity index (χ4n) is 4.09. The molecule has 0 saturated carbocycles. The van der Waals surface area contributed by atoms with Gasteiger partial charge in [0.25, 0.3) is 5.91 Å². The fraction of sp³-hybridized carbons (Fsp3) is 0.409. The Morgan fingerprint density at radius 1 is 1.10 bits per heavy atom. The third kappa shape index (κ3) is 4.50. The number of piperidine rings is 1. The molecule has 0 atom stereocenters. The van der Waals surface area contributed by atoms with E-state index < -0.39 is 11.9 Å². The lowest BCUT2D eigenvalue weighted by atomic mass is 10.0. The summed E-state index contributed by atoms with van der Waals surface area (Å²) in [6.07, 6.45) is -1.57. The lowest BCUT2D eigenvalue weighted by molar-refractivity contribution is -0.141. The summed E-state index contributed by atoms with van der Waals surface area (Å²) in [6.45, 7) is 3.50. The molecule has 3 heterocycles. The molecule has 1 aromatic carbocycles. The largest absolute Gasteiger partial charge is 0.433 e. The molecular formula is C22H23F3N4O2. The number of rotatable bonds is 2. The summed E-state index contributed by atoms with van der Waals surface area (Å²) in [5.74, 6) is -0.352. The lowest BCUT2D eigenvalue weighted by Gasteiger charge is -2.33. The molecule has 1 saturated heterocycles. The molecule has 0 bridgehead atoms. The molecule has 0 unspecified atom stereocenters. The highest BCUT2D eigenvalue weighted by Gasteiger charge is 2.33. The van der Waals surface area contributed by atoms with Crippen LogP contribution in [0.15, 0.2) is 36.5 Å². The van der Waals surface area contributed by atoms with Crippen molar-refractivity contribution in [3.05, 3.63) is 58.9 Å². The number of likely N-dealkylation sites (tertiary alicyclic amines) is 1. The summed E-state index contributed by atoms with van der Waals surface area (Å²) in [5, 5.41) is 3.05. The molecule has 4 rings (SSSR count). The molecule has 0 spiro atoms. The van der Waals surface area contributed by atoms with Gasteiger partial charge in [0.15, 0.2) is 0 Å². The second-order valence-electron chi connectivity index (χ2n) is 7.98. The normalized spacial score (nSPS) is 16.9. The van der Waals surface area contributed by atoms with Crippen molar-refractivity contribution < 1.29 is 22.8 Å². The minimum Gasteiger partial charge on any atom is -0.338 e. The Balaban J connectivity index is 1.31. The van der Waals surface area contributed by atoms with Gasteiger partial charge in [-0.1, -0.05) is 17.7 Å².